The first-order valence-corrected chi connectivity index (χ1v) is 5.98. The van der Waals surface area contributed by atoms with E-state index >= 15 is 0 Å². The molecule has 0 fully saturated rings. The molecule has 1 N–H and O–H groups in total. The van der Waals surface area contributed by atoms with Crippen LogP contribution in [-0.4, -0.2) is 11.3 Å². The zero-order chi connectivity index (χ0) is 12.3. The lowest BCUT2D eigenvalue weighted by Crippen LogP contribution is -1.98. The maximum absolute atomic E-state index is 12.7. The van der Waals surface area contributed by atoms with E-state index in [0.29, 0.717) is 22.8 Å². The van der Waals surface area contributed by atoms with Crippen molar-refractivity contribution in [2.75, 3.05) is 5.32 Å². The Morgan fingerprint density at radius 1 is 1.41 bits per heavy atom. The van der Waals surface area contributed by atoms with Crippen LogP contribution in [0.25, 0.3) is 0 Å². The van der Waals surface area contributed by atoms with E-state index in [4.69, 9.17) is 11.6 Å². The number of nitrogens with zero attached hydrogens (tertiary/aromatic N) is 1. The summed E-state index contributed by atoms with van der Waals surface area (Å²) in [5, 5.41) is 3.79. The highest BCUT2D eigenvalue weighted by Crippen LogP contribution is 2.25. The van der Waals surface area contributed by atoms with Gasteiger partial charge >= 0.3 is 0 Å². The van der Waals surface area contributed by atoms with Crippen LogP contribution in [0.3, 0.4) is 0 Å². The van der Waals surface area contributed by atoms with Gasteiger partial charge in [-0.15, -0.1) is 0 Å². The minimum absolute atomic E-state index is 0.201. The smallest absolute Gasteiger partial charge is 0.185 e. The van der Waals surface area contributed by atoms with Crippen LogP contribution in [-0.2, 0) is 6.54 Å². The molecule has 0 atom stereocenters. The Hall–Kier alpha value is -1.46. The molecule has 6 heteroatoms. The fraction of sp³-hybridized carbons (Fsp3) is 0.0909. The van der Waals surface area contributed by atoms with Crippen molar-refractivity contribution in [3.8, 4) is 0 Å². The third kappa shape index (κ3) is 3.01. The number of thiazole rings is 1. The van der Waals surface area contributed by atoms with Crippen LogP contribution in [0.1, 0.15) is 15.2 Å². The molecule has 88 valence electrons. The monoisotopic (exact) mass is 270 g/mol. The van der Waals surface area contributed by atoms with E-state index in [-0.39, 0.29) is 11.0 Å². The van der Waals surface area contributed by atoms with Crippen molar-refractivity contribution in [1.29, 1.82) is 0 Å². The van der Waals surface area contributed by atoms with Crippen molar-refractivity contribution in [3.05, 3.63) is 45.7 Å². The second-order valence-corrected chi connectivity index (χ2v) is 4.66. The Morgan fingerprint density at radius 3 is 2.71 bits per heavy atom. The van der Waals surface area contributed by atoms with Gasteiger partial charge in [0.2, 0.25) is 0 Å². The topological polar surface area (TPSA) is 42.0 Å². The Morgan fingerprint density at radius 2 is 2.12 bits per heavy atom. The number of halogens is 2. The Kier molecular flexibility index (Phi) is 3.71. The number of aldehydes is 1. The molecule has 0 bridgehead atoms. The summed E-state index contributed by atoms with van der Waals surface area (Å²) in [6.45, 7) is 0.502. The number of hydrogen-bond donors (Lipinski definition) is 1. The van der Waals surface area contributed by atoms with E-state index in [0.717, 1.165) is 5.56 Å². The molecular formula is C11H8ClFN2OS. The van der Waals surface area contributed by atoms with Crippen LogP contribution in [0.2, 0.25) is 5.15 Å². The highest BCUT2D eigenvalue weighted by atomic mass is 35.5. The van der Waals surface area contributed by atoms with Crippen molar-refractivity contribution in [1.82, 2.24) is 4.98 Å². The van der Waals surface area contributed by atoms with Gasteiger partial charge in [-0.2, -0.15) is 0 Å². The van der Waals surface area contributed by atoms with Crippen molar-refractivity contribution < 1.29 is 9.18 Å². The summed E-state index contributed by atoms with van der Waals surface area (Å²) in [4.78, 5) is 14.9. The minimum atomic E-state index is -0.269. The summed E-state index contributed by atoms with van der Waals surface area (Å²) in [6.07, 6.45) is 0.670. The first-order chi connectivity index (χ1) is 8.19. The van der Waals surface area contributed by atoms with Crippen molar-refractivity contribution in [2.24, 2.45) is 0 Å². The molecule has 2 rings (SSSR count). The zero-order valence-electron chi connectivity index (χ0n) is 8.61. The minimum Gasteiger partial charge on any atom is -0.357 e. The zero-order valence-corrected chi connectivity index (χ0v) is 10.2. The average Bonchev–Trinajstić information content (AvgIpc) is 2.69. The van der Waals surface area contributed by atoms with Crippen molar-refractivity contribution >= 4 is 34.4 Å². The van der Waals surface area contributed by atoms with E-state index in [2.05, 4.69) is 10.3 Å². The third-order valence-corrected chi connectivity index (χ3v) is 3.41. The maximum atomic E-state index is 12.7. The molecule has 0 amide bonds. The van der Waals surface area contributed by atoms with Gasteiger partial charge in [-0.05, 0) is 17.7 Å². The molecular weight excluding hydrogens is 263 g/mol. The fourth-order valence-corrected chi connectivity index (χ4v) is 2.20. The molecule has 17 heavy (non-hydrogen) atoms. The third-order valence-electron chi connectivity index (χ3n) is 2.07. The van der Waals surface area contributed by atoms with Gasteiger partial charge in [0.1, 0.15) is 10.7 Å². The van der Waals surface area contributed by atoms with E-state index < -0.39 is 0 Å². The molecule has 0 saturated heterocycles. The molecule has 1 aromatic carbocycles. The van der Waals surface area contributed by atoms with Crippen molar-refractivity contribution in [3.63, 3.8) is 0 Å². The van der Waals surface area contributed by atoms with Gasteiger partial charge in [-0.25, -0.2) is 9.37 Å². The molecule has 2 aromatic rings. The Balaban J connectivity index is 2.02. The number of rotatable bonds is 4. The van der Waals surface area contributed by atoms with Gasteiger partial charge in [-0.1, -0.05) is 35.1 Å². The highest BCUT2D eigenvalue weighted by molar-refractivity contribution is 7.17. The molecule has 0 unspecified atom stereocenters. The number of anilines is 1. The maximum Gasteiger partial charge on any atom is 0.185 e. The molecule has 0 saturated carbocycles. The Bertz CT molecular complexity index is 527. The van der Waals surface area contributed by atoms with E-state index in [1.807, 2.05) is 0 Å². The molecule has 1 aromatic heterocycles. The van der Waals surface area contributed by atoms with E-state index in [1.54, 1.807) is 12.1 Å². The van der Waals surface area contributed by atoms with Crippen LogP contribution < -0.4 is 5.32 Å². The van der Waals surface area contributed by atoms with Crippen LogP contribution in [0.5, 0.6) is 0 Å². The van der Waals surface area contributed by atoms with Gasteiger partial charge in [0.05, 0.1) is 0 Å². The summed E-state index contributed by atoms with van der Waals surface area (Å²) in [5.74, 6) is -0.269. The predicted octanol–water partition coefficient (Wildman–Crippen LogP) is 3.36. The molecule has 0 aliphatic rings. The molecule has 1 heterocycles. The SMILES string of the molecule is O=Cc1sc(NCc2ccc(F)cc2)nc1Cl. The number of benzene rings is 1. The summed E-state index contributed by atoms with van der Waals surface area (Å²) in [5.41, 5.74) is 0.922. The summed E-state index contributed by atoms with van der Waals surface area (Å²) in [6, 6.07) is 6.14. The molecule has 0 aliphatic carbocycles. The highest BCUT2D eigenvalue weighted by Gasteiger charge is 2.07. The molecule has 0 spiro atoms. The lowest BCUT2D eigenvalue weighted by Gasteiger charge is -2.02. The number of aromatic nitrogens is 1. The molecule has 0 aliphatic heterocycles. The standard InChI is InChI=1S/C11H8ClFN2OS/c12-10-9(6-16)17-11(15-10)14-5-7-1-3-8(13)4-2-7/h1-4,6H,5H2,(H,14,15). The predicted molar refractivity (Wildman–Crippen MR) is 66.2 cm³/mol. The number of carbonyl (C=O) groups is 1. The normalized spacial score (nSPS) is 10.2. The molecule has 0 radical (unpaired) electrons. The summed E-state index contributed by atoms with van der Waals surface area (Å²) >= 11 is 6.91. The number of carbonyl (C=O) groups excluding carboxylic acids is 1. The fourth-order valence-electron chi connectivity index (χ4n) is 1.24. The van der Waals surface area contributed by atoms with Gasteiger partial charge < -0.3 is 5.32 Å². The van der Waals surface area contributed by atoms with Crippen molar-refractivity contribution in [2.45, 2.75) is 6.54 Å². The largest absolute Gasteiger partial charge is 0.357 e. The van der Waals surface area contributed by atoms with Crippen LogP contribution in [0, 0.1) is 5.82 Å². The van der Waals surface area contributed by atoms with E-state index in [1.165, 1.54) is 23.5 Å². The lowest BCUT2D eigenvalue weighted by atomic mass is 10.2. The first kappa shape index (κ1) is 12.0. The van der Waals surface area contributed by atoms with Crippen LogP contribution in [0.15, 0.2) is 24.3 Å². The van der Waals surface area contributed by atoms with Gasteiger partial charge in [-0.3, -0.25) is 4.79 Å². The Labute approximate surface area is 106 Å². The second-order valence-electron chi connectivity index (χ2n) is 3.27. The van der Waals surface area contributed by atoms with Crippen LogP contribution in [0.4, 0.5) is 9.52 Å². The lowest BCUT2D eigenvalue weighted by molar-refractivity contribution is 0.112. The average molecular weight is 271 g/mol. The van der Waals surface area contributed by atoms with Gasteiger partial charge in [0.15, 0.2) is 16.6 Å². The summed E-state index contributed by atoms with van der Waals surface area (Å²) in [7, 11) is 0. The summed E-state index contributed by atoms with van der Waals surface area (Å²) < 4.78 is 12.7. The van der Waals surface area contributed by atoms with E-state index in [9.17, 15) is 9.18 Å². The van der Waals surface area contributed by atoms with Gasteiger partial charge in [0, 0.05) is 6.54 Å². The number of hydrogen-bond acceptors (Lipinski definition) is 4. The number of nitrogens with one attached hydrogen (secondary N) is 1. The molecule has 3 nitrogen and oxygen atoms in total. The van der Waals surface area contributed by atoms with Gasteiger partial charge in [0.25, 0.3) is 0 Å². The first-order valence-electron chi connectivity index (χ1n) is 4.79. The van der Waals surface area contributed by atoms with Crippen LogP contribution >= 0.6 is 22.9 Å². The quantitative estimate of drug-likeness (QED) is 0.866. The second kappa shape index (κ2) is 5.25.